The molecule has 8 nitrogen and oxygen atoms in total. The Labute approximate surface area is 263 Å². The number of β-lactam (4-membered cyclic amide) rings is 1. The third-order valence-corrected chi connectivity index (χ3v) is 9.06. The molecule has 3 N–H and O–H groups in total. The summed E-state index contributed by atoms with van der Waals surface area (Å²) in [5.74, 6) is 0.517. The van der Waals surface area contributed by atoms with Crippen molar-refractivity contribution in [1.29, 1.82) is 0 Å². The molecule has 2 heterocycles. The first-order valence-electron chi connectivity index (χ1n) is 15.4. The summed E-state index contributed by atoms with van der Waals surface area (Å²) in [5, 5.41) is 22.3. The maximum atomic E-state index is 14.1. The Morgan fingerprint density at radius 3 is 2.04 bits per heavy atom. The van der Waals surface area contributed by atoms with Crippen LogP contribution in [0.4, 0.5) is 16.2 Å². The van der Waals surface area contributed by atoms with Crippen LogP contribution in [0.15, 0.2) is 109 Å². The quantitative estimate of drug-likeness (QED) is 0.165. The number of hydrogen-bond acceptors (Lipinski definition) is 5. The molecule has 45 heavy (non-hydrogen) atoms. The van der Waals surface area contributed by atoms with Gasteiger partial charge < -0.3 is 30.1 Å². The molecule has 2 saturated heterocycles. The highest BCUT2D eigenvalue weighted by Gasteiger charge is 2.62. The molecule has 0 radical (unpaired) electrons. The van der Waals surface area contributed by atoms with Gasteiger partial charge in [-0.15, -0.1) is 0 Å². The van der Waals surface area contributed by atoms with E-state index in [2.05, 4.69) is 41.7 Å². The van der Waals surface area contributed by atoms with Gasteiger partial charge in [0.1, 0.15) is 5.75 Å². The van der Waals surface area contributed by atoms with Gasteiger partial charge in [-0.05, 0) is 86.2 Å². The van der Waals surface area contributed by atoms with E-state index in [0.717, 1.165) is 23.4 Å². The second-order valence-corrected chi connectivity index (χ2v) is 12.5. The molecule has 1 spiro atoms. The monoisotopic (exact) mass is 605 g/mol. The zero-order valence-electron chi connectivity index (χ0n) is 25.6. The second-order valence-electron chi connectivity index (χ2n) is 12.5. The molecule has 0 aromatic heterocycles. The number of aliphatic hydroxyl groups excluding tert-OH is 1. The minimum absolute atomic E-state index is 0.0451. The predicted octanol–water partition coefficient (Wildman–Crippen LogP) is 6.15. The number of aliphatic hydroxyl groups is 2. The van der Waals surface area contributed by atoms with Gasteiger partial charge >= 0.3 is 6.03 Å². The van der Waals surface area contributed by atoms with Gasteiger partial charge in [0.05, 0.1) is 11.5 Å². The van der Waals surface area contributed by atoms with Crippen LogP contribution in [-0.2, 0) is 11.2 Å². The van der Waals surface area contributed by atoms with Crippen molar-refractivity contribution in [3.05, 3.63) is 126 Å². The average Bonchev–Trinajstić information content (AvgIpc) is 3.05. The normalized spacial score (nSPS) is 17.7. The topological polar surface area (TPSA) is 102 Å². The standard InChI is InChI=1S/C37H39N3O5/c1-36(2,34(42)43)45-31-19-17-30(18-20-31)40-32(28-15-13-27(14-16-28)25-26-9-5-3-6-10-26)37(33(40)41)21-23-39(24-22-37)35(44)38-29-11-7-4-8-12-29/h3-20,32,34,42-43H,21-25H2,1-2H3,(H,38,44). The fourth-order valence-corrected chi connectivity index (χ4v) is 6.39. The molecule has 4 aromatic carbocycles. The van der Waals surface area contributed by atoms with Crippen LogP contribution in [0, 0.1) is 5.41 Å². The molecule has 4 aromatic rings. The number of hydrogen-bond donors (Lipinski definition) is 3. The van der Waals surface area contributed by atoms with E-state index in [-0.39, 0.29) is 18.0 Å². The molecule has 0 saturated carbocycles. The lowest BCUT2D eigenvalue weighted by atomic mass is 9.62. The minimum Gasteiger partial charge on any atom is -0.483 e. The summed E-state index contributed by atoms with van der Waals surface area (Å²) in [6.07, 6.45) is 0.296. The fourth-order valence-electron chi connectivity index (χ4n) is 6.39. The third-order valence-electron chi connectivity index (χ3n) is 9.06. The number of nitrogens with zero attached hydrogens (tertiary/aromatic N) is 2. The van der Waals surface area contributed by atoms with Crippen molar-refractivity contribution in [3.8, 4) is 5.75 Å². The molecule has 1 unspecified atom stereocenters. The van der Waals surface area contributed by atoms with Gasteiger partial charge in [0.25, 0.3) is 0 Å². The zero-order valence-corrected chi connectivity index (χ0v) is 25.6. The van der Waals surface area contributed by atoms with Crippen LogP contribution >= 0.6 is 0 Å². The fraction of sp³-hybridized carbons (Fsp3) is 0.297. The molecular weight excluding hydrogens is 566 g/mol. The maximum absolute atomic E-state index is 14.1. The molecule has 2 aliphatic rings. The van der Waals surface area contributed by atoms with Gasteiger partial charge in [0.2, 0.25) is 5.91 Å². The average molecular weight is 606 g/mol. The van der Waals surface area contributed by atoms with E-state index in [1.807, 2.05) is 65.6 Å². The van der Waals surface area contributed by atoms with Crippen molar-refractivity contribution < 1.29 is 24.5 Å². The number of carbonyl (C=O) groups excluding carboxylic acids is 2. The third kappa shape index (κ3) is 6.16. The largest absolute Gasteiger partial charge is 0.483 e. The summed E-state index contributed by atoms with van der Waals surface area (Å²) in [6.45, 7) is 4.15. The number of nitrogens with one attached hydrogen (secondary N) is 1. The molecule has 0 bridgehead atoms. The van der Waals surface area contributed by atoms with E-state index in [0.29, 0.717) is 31.7 Å². The Hall–Kier alpha value is -4.66. The van der Waals surface area contributed by atoms with Gasteiger partial charge in [-0.1, -0.05) is 72.8 Å². The van der Waals surface area contributed by atoms with Crippen LogP contribution in [0.25, 0.3) is 0 Å². The number of benzene rings is 4. The number of likely N-dealkylation sites (tertiary alicyclic amines) is 1. The van der Waals surface area contributed by atoms with Gasteiger partial charge in [-0.2, -0.15) is 0 Å². The minimum atomic E-state index is -1.65. The number of anilines is 2. The first-order valence-corrected chi connectivity index (χ1v) is 15.4. The Bertz CT molecular complexity index is 1610. The molecule has 2 aliphatic heterocycles. The highest BCUT2D eigenvalue weighted by atomic mass is 16.6. The van der Waals surface area contributed by atoms with Gasteiger partial charge in [0, 0.05) is 24.5 Å². The lowest BCUT2D eigenvalue weighted by molar-refractivity contribution is -0.154. The van der Waals surface area contributed by atoms with Crippen LogP contribution in [0.5, 0.6) is 5.75 Å². The summed E-state index contributed by atoms with van der Waals surface area (Å²) >= 11 is 0. The number of para-hydroxylation sites is 1. The summed E-state index contributed by atoms with van der Waals surface area (Å²) in [6, 6.07) is 35.0. The van der Waals surface area contributed by atoms with E-state index in [1.165, 1.54) is 11.1 Å². The molecule has 3 amide bonds. The first-order chi connectivity index (χ1) is 21.7. The maximum Gasteiger partial charge on any atom is 0.321 e. The van der Waals surface area contributed by atoms with Crippen molar-refractivity contribution >= 4 is 23.3 Å². The Morgan fingerprint density at radius 2 is 1.44 bits per heavy atom. The number of amides is 3. The first kappa shape index (κ1) is 30.4. The van der Waals surface area contributed by atoms with E-state index in [4.69, 9.17) is 4.74 Å². The molecule has 0 aliphatic carbocycles. The van der Waals surface area contributed by atoms with Crippen molar-refractivity contribution in [1.82, 2.24) is 4.90 Å². The number of urea groups is 1. The molecule has 2 fully saturated rings. The van der Waals surface area contributed by atoms with Gasteiger partial charge in [-0.3, -0.25) is 4.79 Å². The number of piperidine rings is 1. The van der Waals surface area contributed by atoms with Crippen molar-refractivity contribution in [3.63, 3.8) is 0 Å². The Balaban J connectivity index is 1.24. The van der Waals surface area contributed by atoms with Crippen LogP contribution in [0.3, 0.4) is 0 Å². The smallest absolute Gasteiger partial charge is 0.321 e. The van der Waals surface area contributed by atoms with Crippen LogP contribution in [-0.4, -0.2) is 52.0 Å². The van der Waals surface area contributed by atoms with Crippen molar-refractivity contribution in [2.24, 2.45) is 5.41 Å². The highest BCUT2D eigenvalue weighted by molar-refractivity contribution is 6.06. The summed E-state index contributed by atoms with van der Waals surface area (Å²) in [5.41, 5.74) is 3.15. The SMILES string of the molecule is CC(C)(Oc1ccc(N2C(=O)C3(CCN(C(=O)Nc4ccccc4)CC3)C2c2ccc(Cc3ccccc3)cc2)cc1)C(O)O. The van der Waals surface area contributed by atoms with Crippen LogP contribution in [0.1, 0.15) is 49.4 Å². The lowest BCUT2D eigenvalue weighted by Crippen LogP contribution is -2.67. The summed E-state index contributed by atoms with van der Waals surface area (Å²) < 4.78 is 5.79. The number of ether oxygens (including phenoxy) is 1. The Kier molecular flexibility index (Phi) is 8.36. The van der Waals surface area contributed by atoms with Crippen LogP contribution in [0.2, 0.25) is 0 Å². The van der Waals surface area contributed by atoms with Gasteiger partial charge in [0.15, 0.2) is 11.9 Å². The molecule has 232 valence electrons. The Morgan fingerprint density at radius 1 is 0.867 bits per heavy atom. The molecule has 8 heteroatoms. The second kappa shape index (κ2) is 12.4. The van der Waals surface area contributed by atoms with Gasteiger partial charge in [-0.25, -0.2) is 4.79 Å². The molecule has 6 rings (SSSR count). The summed E-state index contributed by atoms with van der Waals surface area (Å²) in [7, 11) is 0. The van der Waals surface area contributed by atoms with Crippen molar-refractivity contribution in [2.45, 2.75) is 51.0 Å². The molecule has 1 atom stereocenters. The van der Waals surface area contributed by atoms with E-state index < -0.39 is 17.3 Å². The number of carbonyl (C=O) groups is 2. The summed E-state index contributed by atoms with van der Waals surface area (Å²) in [4.78, 5) is 30.8. The zero-order chi connectivity index (χ0) is 31.6. The van der Waals surface area contributed by atoms with E-state index >= 15 is 0 Å². The number of rotatable bonds is 8. The lowest BCUT2D eigenvalue weighted by Gasteiger charge is -2.59. The predicted molar refractivity (Wildman–Crippen MR) is 174 cm³/mol. The van der Waals surface area contributed by atoms with Crippen molar-refractivity contribution in [2.75, 3.05) is 23.3 Å². The molecular formula is C37H39N3O5. The highest BCUT2D eigenvalue weighted by Crippen LogP contribution is 2.57. The van der Waals surface area contributed by atoms with E-state index in [1.54, 1.807) is 30.9 Å². The van der Waals surface area contributed by atoms with E-state index in [9.17, 15) is 19.8 Å². The van der Waals surface area contributed by atoms with Crippen LogP contribution < -0.4 is 15.0 Å².